The van der Waals surface area contributed by atoms with Crippen molar-refractivity contribution in [3.05, 3.63) is 59.2 Å². The van der Waals surface area contributed by atoms with Gasteiger partial charge in [-0.25, -0.2) is 0 Å². The number of carbonyl (C=O) groups excluding carboxylic acids is 3. The highest BCUT2D eigenvalue weighted by Gasteiger charge is 2.37. The molecule has 180 valence electrons. The molecule has 0 bridgehead atoms. The fourth-order valence-corrected chi connectivity index (χ4v) is 6.19. The van der Waals surface area contributed by atoms with Crippen LogP contribution in [0.5, 0.6) is 0 Å². The van der Waals surface area contributed by atoms with Crippen molar-refractivity contribution in [2.24, 2.45) is 0 Å². The van der Waals surface area contributed by atoms with Crippen molar-refractivity contribution >= 4 is 61.3 Å². The molecule has 2 aliphatic rings. The number of hydrogen-bond donors (Lipinski definition) is 3. The summed E-state index contributed by atoms with van der Waals surface area (Å²) in [5.41, 5.74) is 5.56. The predicted octanol–water partition coefficient (Wildman–Crippen LogP) is 3.65. The first-order valence-corrected chi connectivity index (χ1v) is 12.2. The summed E-state index contributed by atoms with van der Waals surface area (Å²) < 4.78 is 2.25. The van der Waals surface area contributed by atoms with Gasteiger partial charge in [-0.1, -0.05) is 36.4 Å². The van der Waals surface area contributed by atoms with Gasteiger partial charge in [0.1, 0.15) is 0 Å². The van der Waals surface area contributed by atoms with E-state index < -0.39 is 0 Å². The van der Waals surface area contributed by atoms with Gasteiger partial charge < -0.3 is 19.8 Å². The summed E-state index contributed by atoms with van der Waals surface area (Å²) in [7, 11) is 1.79. The van der Waals surface area contributed by atoms with Gasteiger partial charge in [0.25, 0.3) is 11.8 Å². The third-order valence-corrected chi connectivity index (χ3v) is 7.95. The average molecular weight is 480 g/mol. The Morgan fingerprint density at radius 1 is 1.00 bits per heavy atom. The zero-order valence-corrected chi connectivity index (χ0v) is 20.2. The van der Waals surface area contributed by atoms with Crippen LogP contribution in [0.4, 0.5) is 0 Å². The van der Waals surface area contributed by atoms with Gasteiger partial charge in [-0.2, -0.15) is 0 Å². The lowest BCUT2D eigenvalue weighted by Gasteiger charge is -2.30. The minimum atomic E-state index is -0.360. The smallest absolute Gasteiger partial charge is 0.259 e. The molecule has 0 radical (unpaired) electrons. The quantitative estimate of drug-likeness (QED) is 0.337. The van der Waals surface area contributed by atoms with Gasteiger partial charge in [0.2, 0.25) is 5.91 Å². The van der Waals surface area contributed by atoms with Crippen molar-refractivity contribution in [2.45, 2.75) is 39.0 Å². The SMILES string of the molecule is CN[C@@H](C)C(=O)N1Cc2cccc3c4c5c(c6c7ccccc7[nH]c6c4n(c23)CC1C)C(=O)NC5=O. The van der Waals surface area contributed by atoms with Crippen LogP contribution in [-0.4, -0.2) is 51.3 Å². The monoisotopic (exact) mass is 479 g/mol. The van der Waals surface area contributed by atoms with Crippen molar-refractivity contribution < 1.29 is 14.4 Å². The maximum absolute atomic E-state index is 13.3. The fourth-order valence-electron chi connectivity index (χ4n) is 6.19. The Morgan fingerprint density at radius 3 is 2.50 bits per heavy atom. The van der Waals surface area contributed by atoms with Gasteiger partial charge in [0.05, 0.1) is 33.7 Å². The number of likely N-dealkylation sites (N-methyl/N-ethyl adjacent to an activating group) is 1. The Morgan fingerprint density at radius 2 is 1.72 bits per heavy atom. The van der Waals surface area contributed by atoms with Gasteiger partial charge in [-0.15, -0.1) is 0 Å². The molecule has 0 aliphatic carbocycles. The molecule has 1 unspecified atom stereocenters. The Balaban J connectivity index is 1.65. The molecule has 5 aromatic rings. The van der Waals surface area contributed by atoms with Crippen LogP contribution >= 0.6 is 0 Å². The number of nitrogens with one attached hydrogen (secondary N) is 3. The second kappa shape index (κ2) is 7.18. The molecule has 8 nitrogen and oxygen atoms in total. The van der Waals surface area contributed by atoms with Crippen molar-refractivity contribution in [1.82, 2.24) is 25.1 Å². The molecule has 2 atom stereocenters. The van der Waals surface area contributed by atoms with Gasteiger partial charge in [-0.05, 0) is 32.5 Å². The van der Waals surface area contributed by atoms with Crippen molar-refractivity contribution in [3.63, 3.8) is 0 Å². The highest BCUT2D eigenvalue weighted by Crippen LogP contribution is 2.45. The van der Waals surface area contributed by atoms with Crippen LogP contribution in [0.2, 0.25) is 0 Å². The number of H-pyrrole nitrogens is 1. The Bertz CT molecular complexity index is 1810. The molecular weight excluding hydrogens is 454 g/mol. The summed E-state index contributed by atoms with van der Waals surface area (Å²) in [6.45, 7) is 4.99. The first-order valence-electron chi connectivity index (χ1n) is 12.2. The molecule has 0 saturated carbocycles. The number of imide groups is 1. The predicted molar refractivity (Wildman–Crippen MR) is 139 cm³/mol. The lowest BCUT2D eigenvalue weighted by Crippen LogP contribution is -2.47. The van der Waals surface area contributed by atoms with Crippen molar-refractivity contribution in [3.8, 4) is 0 Å². The first-order chi connectivity index (χ1) is 17.4. The summed E-state index contributed by atoms with van der Waals surface area (Å²) >= 11 is 0. The minimum Gasteiger partial charge on any atom is -0.353 e. The van der Waals surface area contributed by atoms with E-state index in [0.717, 1.165) is 49.2 Å². The normalized spacial score (nSPS) is 18.3. The molecule has 36 heavy (non-hydrogen) atoms. The molecule has 8 heteroatoms. The van der Waals surface area contributed by atoms with Crippen LogP contribution in [0.1, 0.15) is 40.1 Å². The standard InChI is InChI=1S/C28H25N5O3/c1-13-11-33-24-15(12-32(13)28(36)14(2)29-3)7-6-9-17(24)20-22-21(26(34)31-27(22)35)19-16-8-4-5-10-18(16)30-23(19)25(20)33/h4-10,13-14,29-30H,11-12H2,1-3H3,(H,31,34,35)/t13?,14-/m0/s1. The van der Waals surface area contributed by atoms with Gasteiger partial charge in [-0.3, -0.25) is 19.7 Å². The third-order valence-electron chi connectivity index (χ3n) is 7.95. The molecule has 4 heterocycles. The molecule has 0 saturated heterocycles. The van der Waals surface area contributed by atoms with E-state index in [1.807, 2.05) is 54.3 Å². The molecular formula is C28H25N5O3. The zero-order chi connectivity index (χ0) is 24.9. The minimum absolute atomic E-state index is 0.0543. The number of carbonyl (C=O) groups is 3. The molecule has 7 rings (SSSR count). The summed E-state index contributed by atoms with van der Waals surface area (Å²) in [6, 6.07) is 13.5. The number of hydrogen-bond acceptors (Lipinski definition) is 4. The number of nitrogens with zero attached hydrogens (tertiary/aromatic N) is 2. The second-order valence-corrected chi connectivity index (χ2v) is 9.93. The van der Waals surface area contributed by atoms with Crippen molar-refractivity contribution in [1.29, 1.82) is 0 Å². The van der Waals surface area contributed by atoms with Crippen molar-refractivity contribution in [2.75, 3.05) is 7.05 Å². The van der Waals surface area contributed by atoms with E-state index in [1.54, 1.807) is 7.05 Å². The summed E-state index contributed by atoms with van der Waals surface area (Å²) in [6.07, 6.45) is 0. The van der Waals surface area contributed by atoms with E-state index in [9.17, 15) is 14.4 Å². The van der Waals surface area contributed by atoms with E-state index in [2.05, 4.69) is 27.1 Å². The number of amides is 3. The molecule has 0 fully saturated rings. The molecule has 2 aliphatic heterocycles. The van der Waals surface area contributed by atoms with Crippen LogP contribution in [0.25, 0.3) is 43.6 Å². The highest BCUT2D eigenvalue weighted by atomic mass is 16.2. The Kier molecular flexibility index (Phi) is 4.21. The van der Waals surface area contributed by atoms with Gasteiger partial charge in [0.15, 0.2) is 0 Å². The summed E-state index contributed by atoms with van der Waals surface area (Å²) in [4.78, 5) is 45.0. The average Bonchev–Trinajstić information content (AvgIpc) is 3.47. The van der Waals surface area contributed by atoms with Gasteiger partial charge >= 0.3 is 0 Å². The fraction of sp³-hybridized carbons (Fsp3) is 0.250. The second-order valence-electron chi connectivity index (χ2n) is 9.93. The van der Waals surface area contributed by atoms with Crippen LogP contribution in [0.15, 0.2) is 42.5 Å². The lowest BCUT2D eigenvalue weighted by molar-refractivity contribution is -0.135. The van der Waals surface area contributed by atoms with E-state index in [4.69, 9.17) is 0 Å². The Hall–Kier alpha value is -4.17. The van der Waals surface area contributed by atoms with Crippen LogP contribution in [0, 0.1) is 0 Å². The third kappa shape index (κ3) is 2.54. The maximum Gasteiger partial charge on any atom is 0.259 e. The first kappa shape index (κ1) is 21.1. The number of fused-ring (bicyclic) bond motifs is 10. The van der Waals surface area contributed by atoms with E-state index in [0.29, 0.717) is 24.2 Å². The Labute approximate surface area is 206 Å². The number of aromatic amines is 1. The number of para-hydroxylation sites is 2. The van der Waals surface area contributed by atoms with Crippen LogP contribution in [-0.2, 0) is 17.9 Å². The number of benzene rings is 3. The number of aromatic nitrogens is 2. The molecule has 3 amide bonds. The molecule has 3 N–H and O–H groups in total. The van der Waals surface area contributed by atoms with Crippen LogP contribution < -0.4 is 10.6 Å². The van der Waals surface area contributed by atoms with Gasteiger partial charge in [0, 0.05) is 46.2 Å². The summed E-state index contributed by atoms with van der Waals surface area (Å²) in [5.74, 6) is -0.665. The maximum atomic E-state index is 13.3. The topological polar surface area (TPSA) is 99.2 Å². The summed E-state index contributed by atoms with van der Waals surface area (Å²) in [5, 5.41) is 9.01. The molecule has 3 aromatic carbocycles. The largest absolute Gasteiger partial charge is 0.353 e. The number of rotatable bonds is 2. The zero-order valence-electron chi connectivity index (χ0n) is 20.2. The highest BCUT2D eigenvalue weighted by molar-refractivity contribution is 6.39. The lowest BCUT2D eigenvalue weighted by atomic mass is 9.96. The van der Waals surface area contributed by atoms with E-state index in [1.165, 1.54) is 0 Å². The van der Waals surface area contributed by atoms with E-state index >= 15 is 0 Å². The van der Waals surface area contributed by atoms with Crippen LogP contribution in [0.3, 0.4) is 0 Å². The van der Waals surface area contributed by atoms with E-state index in [-0.39, 0.29) is 29.8 Å². The molecule has 0 spiro atoms. The molecule has 2 aromatic heterocycles.